The lowest BCUT2D eigenvalue weighted by Gasteiger charge is -2.45. The normalized spacial score (nSPS) is 28.6. The minimum Gasteiger partial charge on any atom is -0.342 e. The van der Waals surface area contributed by atoms with Crippen molar-refractivity contribution in [2.45, 2.75) is 57.5 Å². The van der Waals surface area contributed by atoms with E-state index in [1.54, 1.807) is 0 Å². The first kappa shape index (κ1) is 11.4. The molecular formula is C12H20N2O2. The minimum absolute atomic E-state index is 0.0679. The summed E-state index contributed by atoms with van der Waals surface area (Å²) >= 11 is 0. The molecule has 16 heavy (non-hydrogen) atoms. The summed E-state index contributed by atoms with van der Waals surface area (Å²) in [4.78, 5) is 26.2. The molecule has 1 saturated heterocycles. The van der Waals surface area contributed by atoms with Crippen molar-refractivity contribution in [1.82, 2.24) is 10.2 Å². The van der Waals surface area contributed by atoms with Crippen LogP contribution in [-0.2, 0) is 9.59 Å². The maximum absolute atomic E-state index is 12.2. The van der Waals surface area contributed by atoms with Gasteiger partial charge in [-0.1, -0.05) is 19.8 Å². The monoisotopic (exact) mass is 224 g/mol. The van der Waals surface area contributed by atoms with E-state index in [0.717, 1.165) is 25.7 Å². The molecule has 2 aliphatic rings. The fourth-order valence-electron chi connectivity index (χ4n) is 3.07. The average molecular weight is 224 g/mol. The van der Waals surface area contributed by atoms with Gasteiger partial charge in [-0.15, -0.1) is 0 Å². The molecule has 1 N–H and O–H groups in total. The zero-order valence-corrected chi connectivity index (χ0v) is 10.1. The van der Waals surface area contributed by atoms with Gasteiger partial charge in [0.1, 0.15) is 11.6 Å². The quantitative estimate of drug-likeness (QED) is 0.762. The van der Waals surface area contributed by atoms with E-state index in [9.17, 15) is 9.59 Å². The van der Waals surface area contributed by atoms with E-state index in [2.05, 4.69) is 5.32 Å². The molecule has 1 spiro atoms. The zero-order chi connectivity index (χ0) is 11.8. The Morgan fingerprint density at radius 2 is 1.94 bits per heavy atom. The summed E-state index contributed by atoms with van der Waals surface area (Å²) in [6.45, 7) is 4.54. The van der Waals surface area contributed by atoms with Crippen molar-refractivity contribution in [1.29, 1.82) is 0 Å². The van der Waals surface area contributed by atoms with E-state index in [0.29, 0.717) is 13.0 Å². The van der Waals surface area contributed by atoms with E-state index < -0.39 is 5.54 Å². The summed E-state index contributed by atoms with van der Waals surface area (Å²) in [6, 6.07) is -0.307. The Kier molecular flexibility index (Phi) is 2.91. The Morgan fingerprint density at radius 1 is 1.31 bits per heavy atom. The predicted molar refractivity (Wildman–Crippen MR) is 60.8 cm³/mol. The highest BCUT2D eigenvalue weighted by atomic mass is 16.2. The first-order valence-electron chi connectivity index (χ1n) is 6.28. The van der Waals surface area contributed by atoms with Crippen LogP contribution in [0.4, 0.5) is 0 Å². The maximum atomic E-state index is 12.2. The summed E-state index contributed by atoms with van der Waals surface area (Å²) in [6.07, 6.45) is 4.43. The molecular weight excluding hydrogens is 204 g/mol. The van der Waals surface area contributed by atoms with Gasteiger partial charge in [0, 0.05) is 6.54 Å². The number of nitrogens with zero attached hydrogens (tertiary/aromatic N) is 1. The van der Waals surface area contributed by atoms with E-state index >= 15 is 0 Å². The molecule has 4 nitrogen and oxygen atoms in total. The van der Waals surface area contributed by atoms with Crippen molar-refractivity contribution in [2.75, 3.05) is 6.54 Å². The zero-order valence-electron chi connectivity index (χ0n) is 10.1. The molecule has 0 aromatic rings. The number of hydrogen-bond donors (Lipinski definition) is 1. The second-order valence-corrected chi connectivity index (χ2v) is 4.76. The lowest BCUT2D eigenvalue weighted by Crippen LogP contribution is -2.69. The van der Waals surface area contributed by atoms with Gasteiger partial charge in [0.05, 0.1) is 0 Å². The molecule has 0 radical (unpaired) electrons. The molecule has 90 valence electrons. The van der Waals surface area contributed by atoms with Gasteiger partial charge in [0.15, 0.2) is 0 Å². The van der Waals surface area contributed by atoms with Crippen molar-refractivity contribution in [3.8, 4) is 0 Å². The van der Waals surface area contributed by atoms with Gasteiger partial charge in [-0.25, -0.2) is 0 Å². The van der Waals surface area contributed by atoms with Crippen molar-refractivity contribution < 1.29 is 9.59 Å². The van der Waals surface area contributed by atoms with E-state index in [1.165, 1.54) is 0 Å². The number of carbonyl (C=O) groups excluding carboxylic acids is 2. The molecule has 1 unspecified atom stereocenters. The van der Waals surface area contributed by atoms with Gasteiger partial charge in [-0.2, -0.15) is 0 Å². The second kappa shape index (κ2) is 4.07. The van der Waals surface area contributed by atoms with Crippen LogP contribution in [0.15, 0.2) is 0 Å². The minimum atomic E-state index is -0.516. The molecule has 1 aliphatic heterocycles. The number of hydrogen-bond acceptors (Lipinski definition) is 2. The molecule has 0 aromatic heterocycles. The number of rotatable bonds is 2. The van der Waals surface area contributed by atoms with Crippen LogP contribution in [0.3, 0.4) is 0 Å². The van der Waals surface area contributed by atoms with Crippen LogP contribution in [-0.4, -0.2) is 34.8 Å². The molecule has 0 bridgehead atoms. The van der Waals surface area contributed by atoms with Crippen molar-refractivity contribution in [3.05, 3.63) is 0 Å². The number of piperazine rings is 1. The topological polar surface area (TPSA) is 49.4 Å². The summed E-state index contributed by atoms with van der Waals surface area (Å²) in [5, 5.41) is 2.88. The second-order valence-electron chi connectivity index (χ2n) is 4.76. The van der Waals surface area contributed by atoms with Gasteiger partial charge in [-0.3, -0.25) is 9.59 Å². The lowest BCUT2D eigenvalue weighted by atomic mass is 9.89. The van der Waals surface area contributed by atoms with Crippen LogP contribution < -0.4 is 5.32 Å². The highest BCUT2D eigenvalue weighted by molar-refractivity contribution is 6.00. The van der Waals surface area contributed by atoms with Crippen LogP contribution >= 0.6 is 0 Å². The van der Waals surface area contributed by atoms with Gasteiger partial charge in [0.2, 0.25) is 11.8 Å². The van der Waals surface area contributed by atoms with Gasteiger partial charge < -0.3 is 10.2 Å². The van der Waals surface area contributed by atoms with E-state index in [-0.39, 0.29) is 17.9 Å². The third kappa shape index (κ3) is 1.43. The highest BCUT2D eigenvalue weighted by Crippen LogP contribution is 2.38. The smallest absolute Gasteiger partial charge is 0.246 e. The standard InChI is InChI=1S/C12H20N2O2/c1-3-9-10(15)14(4-2)12(11(16)13-9)7-5-6-8-12/h9H,3-8H2,1-2H3,(H,13,16). The summed E-state index contributed by atoms with van der Waals surface area (Å²) in [7, 11) is 0. The SMILES string of the molecule is CCC1NC(=O)C2(CCCC2)N(CC)C1=O. The van der Waals surface area contributed by atoms with Crippen molar-refractivity contribution in [2.24, 2.45) is 0 Å². The lowest BCUT2D eigenvalue weighted by molar-refractivity contribution is -0.157. The Morgan fingerprint density at radius 3 is 2.44 bits per heavy atom. The van der Waals surface area contributed by atoms with Crippen molar-refractivity contribution in [3.63, 3.8) is 0 Å². The Hall–Kier alpha value is -1.06. The Labute approximate surface area is 96.4 Å². The molecule has 4 heteroatoms. The molecule has 0 aromatic carbocycles. The fourth-order valence-corrected chi connectivity index (χ4v) is 3.07. The molecule has 2 fully saturated rings. The highest BCUT2D eigenvalue weighted by Gasteiger charge is 2.52. The maximum Gasteiger partial charge on any atom is 0.246 e. The Balaban J connectivity index is 2.31. The van der Waals surface area contributed by atoms with Crippen LogP contribution in [0, 0.1) is 0 Å². The molecule has 2 rings (SSSR count). The molecule has 1 saturated carbocycles. The summed E-state index contributed by atoms with van der Waals surface area (Å²) in [5.74, 6) is 0.171. The van der Waals surface area contributed by atoms with Gasteiger partial charge in [0.25, 0.3) is 0 Å². The van der Waals surface area contributed by atoms with Crippen LogP contribution in [0.2, 0.25) is 0 Å². The predicted octanol–water partition coefficient (Wildman–Crippen LogP) is 1.06. The first-order valence-corrected chi connectivity index (χ1v) is 6.28. The number of amides is 2. The van der Waals surface area contributed by atoms with E-state index in [1.807, 2.05) is 18.7 Å². The summed E-state index contributed by atoms with van der Waals surface area (Å²) in [5.41, 5.74) is -0.516. The van der Waals surface area contributed by atoms with Gasteiger partial charge in [-0.05, 0) is 26.2 Å². The van der Waals surface area contributed by atoms with Gasteiger partial charge >= 0.3 is 0 Å². The molecule has 1 heterocycles. The number of likely N-dealkylation sites (N-methyl/N-ethyl adjacent to an activating group) is 1. The van der Waals surface area contributed by atoms with Crippen LogP contribution in [0.5, 0.6) is 0 Å². The average Bonchev–Trinajstić information content (AvgIpc) is 2.75. The van der Waals surface area contributed by atoms with E-state index in [4.69, 9.17) is 0 Å². The third-order valence-electron chi connectivity index (χ3n) is 3.96. The number of carbonyl (C=O) groups is 2. The van der Waals surface area contributed by atoms with Crippen molar-refractivity contribution >= 4 is 11.8 Å². The Bertz CT molecular complexity index is 306. The first-order chi connectivity index (χ1) is 7.65. The molecule has 2 amide bonds. The van der Waals surface area contributed by atoms with Crippen LogP contribution in [0.25, 0.3) is 0 Å². The largest absolute Gasteiger partial charge is 0.342 e. The fraction of sp³-hybridized carbons (Fsp3) is 0.833. The van der Waals surface area contributed by atoms with Crippen LogP contribution in [0.1, 0.15) is 46.0 Å². The summed E-state index contributed by atoms with van der Waals surface area (Å²) < 4.78 is 0. The molecule has 1 atom stereocenters. The number of nitrogens with one attached hydrogen (secondary N) is 1. The third-order valence-corrected chi connectivity index (χ3v) is 3.96. The molecule has 1 aliphatic carbocycles.